The topological polar surface area (TPSA) is 111 Å². The molecule has 3 amide bonds. The average Bonchev–Trinajstić information content (AvgIpc) is 2.99. The van der Waals surface area contributed by atoms with Gasteiger partial charge in [0.2, 0.25) is 0 Å². The van der Waals surface area contributed by atoms with E-state index < -0.39 is 0 Å². The number of rotatable bonds is 6. The van der Waals surface area contributed by atoms with Gasteiger partial charge in [0.1, 0.15) is 5.82 Å². The maximum atomic E-state index is 14.0. The fourth-order valence-electron chi connectivity index (χ4n) is 5.93. The fourth-order valence-corrected chi connectivity index (χ4v) is 5.93. The van der Waals surface area contributed by atoms with E-state index in [1.165, 1.54) is 4.90 Å². The molecule has 2 atom stereocenters. The molecule has 1 saturated heterocycles. The molecule has 5 rings (SSSR count). The van der Waals surface area contributed by atoms with E-state index in [4.69, 9.17) is 0 Å². The molecule has 3 aromatic rings. The number of carbonyl (C=O) groups excluding carboxylic acids is 2. The molecule has 3 N–H and O–H groups in total. The second kappa shape index (κ2) is 12.3. The number of piperidine rings is 1. The van der Waals surface area contributed by atoms with E-state index in [9.17, 15) is 14.7 Å². The van der Waals surface area contributed by atoms with Gasteiger partial charge in [0.15, 0.2) is 0 Å². The Labute approximate surface area is 247 Å². The Morgan fingerprint density at radius 1 is 0.952 bits per heavy atom. The maximum Gasteiger partial charge on any atom is 0.321 e. The van der Waals surface area contributed by atoms with Crippen LogP contribution in [0, 0.1) is 5.92 Å². The number of nitrogens with one attached hydrogen (secondary N) is 2. The summed E-state index contributed by atoms with van der Waals surface area (Å²) in [5.74, 6) is 1.18. The van der Waals surface area contributed by atoms with Gasteiger partial charge in [-0.05, 0) is 72.1 Å². The van der Waals surface area contributed by atoms with Gasteiger partial charge in [0.25, 0.3) is 5.91 Å². The fraction of sp³-hybridized carbons (Fsp3) is 0.394. The first-order valence-electron chi connectivity index (χ1n) is 14.7. The lowest BCUT2D eigenvalue weighted by Crippen LogP contribution is -2.36. The lowest BCUT2D eigenvalue weighted by atomic mass is 9.71. The third-order valence-electron chi connectivity index (χ3n) is 8.57. The van der Waals surface area contributed by atoms with E-state index >= 15 is 0 Å². The van der Waals surface area contributed by atoms with Crippen molar-refractivity contribution in [3.63, 3.8) is 0 Å². The summed E-state index contributed by atoms with van der Waals surface area (Å²) in [7, 11) is 3.38. The molecule has 2 aromatic heterocycles. The highest BCUT2D eigenvalue weighted by Crippen LogP contribution is 2.45. The van der Waals surface area contributed by atoms with Gasteiger partial charge < -0.3 is 25.5 Å². The summed E-state index contributed by atoms with van der Waals surface area (Å²) >= 11 is 0. The van der Waals surface area contributed by atoms with Crippen molar-refractivity contribution in [3.8, 4) is 11.1 Å². The highest BCUT2D eigenvalue weighted by atomic mass is 16.3. The monoisotopic (exact) mass is 568 g/mol. The number of carbonyl (C=O) groups is 2. The van der Waals surface area contributed by atoms with Crippen molar-refractivity contribution in [2.24, 2.45) is 5.92 Å². The Balaban J connectivity index is 1.44. The van der Waals surface area contributed by atoms with Crippen LogP contribution in [0.3, 0.4) is 0 Å². The summed E-state index contributed by atoms with van der Waals surface area (Å²) < 4.78 is 0. The summed E-state index contributed by atoms with van der Waals surface area (Å²) in [5, 5.41) is 15.8. The number of amides is 3. The zero-order valence-electron chi connectivity index (χ0n) is 25.0. The van der Waals surface area contributed by atoms with Gasteiger partial charge in [-0.15, -0.1) is 0 Å². The molecule has 42 heavy (non-hydrogen) atoms. The van der Waals surface area contributed by atoms with Gasteiger partial charge in [-0.25, -0.2) is 9.78 Å². The molecule has 9 heteroatoms. The number of allylic oxidation sites excluding steroid dienone is 1. The number of nitrogens with zero attached hydrogens (tertiary/aromatic N) is 4. The number of hydrogen-bond acceptors (Lipinski definition) is 6. The van der Waals surface area contributed by atoms with Gasteiger partial charge in [-0.1, -0.05) is 38.5 Å². The van der Waals surface area contributed by atoms with Crippen LogP contribution in [0.4, 0.5) is 22.0 Å². The number of aromatic nitrogens is 2. The van der Waals surface area contributed by atoms with Crippen LogP contribution in [0.15, 0.2) is 60.6 Å². The van der Waals surface area contributed by atoms with Crippen LogP contribution < -0.4 is 15.5 Å². The third-order valence-corrected chi connectivity index (χ3v) is 8.57. The number of hydrogen-bond donors (Lipinski definition) is 3. The van der Waals surface area contributed by atoms with Crippen molar-refractivity contribution in [2.75, 3.05) is 42.7 Å². The van der Waals surface area contributed by atoms with E-state index in [2.05, 4.69) is 64.5 Å². The Morgan fingerprint density at radius 2 is 1.71 bits per heavy atom. The smallest absolute Gasteiger partial charge is 0.321 e. The second-order valence-electron chi connectivity index (χ2n) is 11.5. The van der Waals surface area contributed by atoms with Gasteiger partial charge in [0.05, 0.1) is 29.9 Å². The van der Waals surface area contributed by atoms with Crippen LogP contribution in [0.5, 0.6) is 0 Å². The molecule has 2 unspecified atom stereocenters. The van der Waals surface area contributed by atoms with Gasteiger partial charge in [0, 0.05) is 44.5 Å². The van der Waals surface area contributed by atoms with E-state index in [-0.39, 0.29) is 29.9 Å². The number of benzene rings is 1. The van der Waals surface area contributed by atoms with Crippen LogP contribution >= 0.6 is 0 Å². The summed E-state index contributed by atoms with van der Waals surface area (Å²) in [6, 6.07) is 11.7. The molecule has 220 valence electrons. The van der Waals surface area contributed by atoms with Crippen molar-refractivity contribution in [1.82, 2.24) is 14.9 Å². The van der Waals surface area contributed by atoms with Crippen molar-refractivity contribution in [3.05, 3.63) is 71.7 Å². The first kappa shape index (κ1) is 29.3. The van der Waals surface area contributed by atoms with E-state index in [1.54, 1.807) is 32.7 Å². The Kier molecular flexibility index (Phi) is 8.59. The number of urea groups is 1. The molecule has 1 aliphatic heterocycles. The predicted octanol–water partition coefficient (Wildman–Crippen LogP) is 5.75. The van der Waals surface area contributed by atoms with Crippen molar-refractivity contribution < 1.29 is 14.7 Å². The SMILES string of the molecule is CCC1=C(C(=O)Nc2ccc(N3CCC(O)CC3)nc2)c2cc(-c3cncc(NC(=O)N(C)C)c3)ccc2C(C)C1C. The van der Waals surface area contributed by atoms with Gasteiger partial charge in [-0.2, -0.15) is 0 Å². The minimum Gasteiger partial charge on any atom is -0.393 e. The molecular formula is C33H40N6O3. The van der Waals surface area contributed by atoms with Crippen molar-refractivity contribution in [2.45, 2.75) is 52.1 Å². The van der Waals surface area contributed by atoms with Crippen LogP contribution in [0.1, 0.15) is 57.1 Å². The number of aliphatic hydroxyl groups is 1. The second-order valence-corrected chi connectivity index (χ2v) is 11.5. The zero-order chi connectivity index (χ0) is 30.0. The lowest BCUT2D eigenvalue weighted by Gasteiger charge is -2.33. The van der Waals surface area contributed by atoms with Crippen molar-refractivity contribution in [1.29, 1.82) is 0 Å². The van der Waals surface area contributed by atoms with Gasteiger partial charge in [-0.3, -0.25) is 9.78 Å². The minimum absolute atomic E-state index is 0.148. The van der Waals surface area contributed by atoms with Crippen LogP contribution in [0.25, 0.3) is 16.7 Å². The molecule has 1 aliphatic carbocycles. The van der Waals surface area contributed by atoms with E-state index in [0.29, 0.717) is 16.9 Å². The van der Waals surface area contributed by atoms with Crippen LogP contribution in [0.2, 0.25) is 0 Å². The summed E-state index contributed by atoms with van der Waals surface area (Å²) in [6.45, 7) is 8.05. The van der Waals surface area contributed by atoms with Crippen molar-refractivity contribution >= 4 is 34.7 Å². The molecular weight excluding hydrogens is 528 g/mol. The Morgan fingerprint density at radius 3 is 2.38 bits per heavy atom. The molecule has 9 nitrogen and oxygen atoms in total. The molecule has 1 aromatic carbocycles. The first-order valence-corrected chi connectivity index (χ1v) is 14.7. The minimum atomic E-state index is -0.242. The van der Waals surface area contributed by atoms with E-state index in [1.807, 2.05) is 18.2 Å². The largest absolute Gasteiger partial charge is 0.393 e. The Bertz CT molecular complexity index is 1490. The first-order chi connectivity index (χ1) is 20.2. The number of pyridine rings is 2. The molecule has 3 heterocycles. The normalized spacial score (nSPS) is 18.9. The summed E-state index contributed by atoms with van der Waals surface area (Å²) in [5.41, 5.74) is 6.91. The number of fused-ring (bicyclic) bond motifs is 1. The average molecular weight is 569 g/mol. The molecule has 0 spiro atoms. The maximum absolute atomic E-state index is 14.0. The molecule has 0 radical (unpaired) electrons. The highest BCUT2D eigenvalue weighted by Gasteiger charge is 2.33. The highest BCUT2D eigenvalue weighted by molar-refractivity contribution is 6.27. The molecule has 2 aliphatic rings. The predicted molar refractivity (Wildman–Crippen MR) is 167 cm³/mol. The zero-order valence-corrected chi connectivity index (χ0v) is 25.0. The third kappa shape index (κ3) is 6.01. The molecule has 0 saturated carbocycles. The summed E-state index contributed by atoms with van der Waals surface area (Å²) in [6.07, 6.45) is 7.08. The standard InChI is InChI=1S/C33H40N6O3/c1-6-27-20(2)21(3)28-9-7-22(23-15-25(18-34-17-23)37-33(42)38(4)5)16-29(28)31(27)32(41)36-24-8-10-30(35-19-24)39-13-11-26(40)12-14-39/h7-10,15-21,26,40H,6,11-14H2,1-5H3,(H,36,41)(H,37,42). The molecule has 0 bridgehead atoms. The number of aliphatic hydroxyl groups excluding tert-OH is 1. The quantitative estimate of drug-likeness (QED) is 0.349. The summed E-state index contributed by atoms with van der Waals surface area (Å²) in [4.78, 5) is 38.7. The van der Waals surface area contributed by atoms with Crippen LogP contribution in [-0.4, -0.2) is 65.2 Å². The lowest BCUT2D eigenvalue weighted by molar-refractivity contribution is -0.111. The molecule has 1 fully saturated rings. The van der Waals surface area contributed by atoms with Crippen LogP contribution in [-0.2, 0) is 4.79 Å². The number of anilines is 3. The Hall–Kier alpha value is -4.24. The van der Waals surface area contributed by atoms with Gasteiger partial charge >= 0.3 is 6.03 Å². The van der Waals surface area contributed by atoms with E-state index in [0.717, 1.165) is 66.0 Å².